The first-order valence-corrected chi connectivity index (χ1v) is 8.89. The summed E-state index contributed by atoms with van der Waals surface area (Å²) in [5.41, 5.74) is 0.835. The van der Waals surface area contributed by atoms with Crippen LogP contribution in [0.15, 0.2) is 36.5 Å². The quantitative estimate of drug-likeness (QED) is 0.774. The van der Waals surface area contributed by atoms with Crippen LogP contribution in [0.4, 0.5) is 5.82 Å². The molecule has 1 fully saturated rings. The first kappa shape index (κ1) is 18.8. The van der Waals surface area contributed by atoms with E-state index in [-0.39, 0.29) is 5.91 Å². The summed E-state index contributed by atoms with van der Waals surface area (Å²) < 4.78 is 16.1. The first-order chi connectivity index (χ1) is 13.2. The second-order valence-electron chi connectivity index (χ2n) is 6.27. The van der Waals surface area contributed by atoms with Crippen LogP contribution in [0.5, 0.6) is 17.2 Å². The van der Waals surface area contributed by atoms with Crippen molar-refractivity contribution in [2.45, 2.75) is 6.42 Å². The largest absolute Gasteiger partial charge is 0.493 e. The predicted octanol–water partition coefficient (Wildman–Crippen LogP) is 2.00. The van der Waals surface area contributed by atoms with Crippen LogP contribution in [0.25, 0.3) is 0 Å². The monoisotopic (exact) mass is 371 g/mol. The Labute approximate surface area is 159 Å². The molecule has 0 radical (unpaired) electrons. The third-order valence-electron chi connectivity index (χ3n) is 4.69. The Kier molecular flexibility index (Phi) is 6.01. The summed E-state index contributed by atoms with van der Waals surface area (Å²) in [5, 5.41) is 0. The summed E-state index contributed by atoms with van der Waals surface area (Å²) in [7, 11) is 4.70. The summed E-state index contributed by atoms with van der Waals surface area (Å²) >= 11 is 0. The van der Waals surface area contributed by atoms with Gasteiger partial charge in [0, 0.05) is 32.4 Å². The number of ether oxygens (including phenoxy) is 3. The van der Waals surface area contributed by atoms with Crippen molar-refractivity contribution in [3.8, 4) is 17.2 Å². The summed E-state index contributed by atoms with van der Waals surface area (Å²) in [4.78, 5) is 21.2. The average molecular weight is 371 g/mol. The van der Waals surface area contributed by atoms with Gasteiger partial charge in [0.25, 0.3) is 0 Å². The van der Waals surface area contributed by atoms with Gasteiger partial charge in [0.2, 0.25) is 11.7 Å². The Balaban J connectivity index is 1.64. The lowest BCUT2D eigenvalue weighted by Crippen LogP contribution is -2.49. The van der Waals surface area contributed by atoms with Crippen LogP contribution in [-0.2, 0) is 11.2 Å². The average Bonchev–Trinajstić information content (AvgIpc) is 2.73. The minimum atomic E-state index is 0.0879. The predicted molar refractivity (Wildman–Crippen MR) is 103 cm³/mol. The zero-order valence-electron chi connectivity index (χ0n) is 16.0. The molecular weight excluding hydrogens is 346 g/mol. The number of benzene rings is 1. The topological polar surface area (TPSA) is 64.1 Å². The number of carbonyl (C=O) groups is 1. The molecule has 27 heavy (non-hydrogen) atoms. The van der Waals surface area contributed by atoms with Crippen LogP contribution >= 0.6 is 0 Å². The molecule has 0 saturated carbocycles. The van der Waals surface area contributed by atoms with Gasteiger partial charge in [0.05, 0.1) is 27.8 Å². The molecule has 0 N–H and O–H groups in total. The van der Waals surface area contributed by atoms with Crippen molar-refractivity contribution in [3.05, 3.63) is 42.1 Å². The Bertz CT molecular complexity index is 749. The maximum atomic E-state index is 12.7. The molecule has 3 rings (SSSR count). The number of nitrogens with zero attached hydrogens (tertiary/aromatic N) is 3. The van der Waals surface area contributed by atoms with E-state index < -0.39 is 0 Å². The molecular formula is C20H25N3O4. The number of pyridine rings is 1. The number of hydrogen-bond acceptors (Lipinski definition) is 6. The van der Waals surface area contributed by atoms with Crippen molar-refractivity contribution in [1.29, 1.82) is 0 Å². The van der Waals surface area contributed by atoms with Gasteiger partial charge < -0.3 is 24.0 Å². The summed E-state index contributed by atoms with van der Waals surface area (Å²) in [5.74, 6) is 2.68. The molecule has 2 heterocycles. The van der Waals surface area contributed by atoms with Gasteiger partial charge in [-0.05, 0) is 29.8 Å². The van der Waals surface area contributed by atoms with E-state index in [0.29, 0.717) is 36.8 Å². The number of rotatable bonds is 6. The van der Waals surface area contributed by atoms with E-state index >= 15 is 0 Å². The number of hydrogen-bond donors (Lipinski definition) is 0. The van der Waals surface area contributed by atoms with Crippen molar-refractivity contribution in [2.75, 3.05) is 52.4 Å². The third kappa shape index (κ3) is 4.24. The molecule has 144 valence electrons. The van der Waals surface area contributed by atoms with Gasteiger partial charge in [-0.3, -0.25) is 4.79 Å². The molecule has 0 spiro atoms. The summed E-state index contributed by atoms with van der Waals surface area (Å²) in [6.45, 7) is 2.91. The van der Waals surface area contributed by atoms with Gasteiger partial charge in [-0.1, -0.05) is 6.07 Å². The van der Waals surface area contributed by atoms with E-state index in [1.807, 2.05) is 35.2 Å². The molecule has 1 aliphatic heterocycles. The van der Waals surface area contributed by atoms with E-state index in [1.165, 1.54) is 0 Å². The minimum absolute atomic E-state index is 0.0879. The Hall–Kier alpha value is -2.96. The first-order valence-electron chi connectivity index (χ1n) is 8.89. The highest BCUT2D eigenvalue weighted by molar-refractivity contribution is 5.79. The molecule has 0 unspecified atom stereocenters. The molecule has 1 aromatic carbocycles. The van der Waals surface area contributed by atoms with Crippen molar-refractivity contribution in [1.82, 2.24) is 9.88 Å². The van der Waals surface area contributed by atoms with E-state index in [2.05, 4.69) is 9.88 Å². The fourth-order valence-corrected chi connectivity index (χ4v) is 3.25. The standard InChI is InChI=1S/C20H25N3O4/c1-25-16-12-15(13-17(26-2)20(16)27-3)14-19(24)23-10-8-22(9-11-23)18-6-4-5-7-21-18/h4-7,12-13H,8-11,14H2,1-3H3. The van der Waals surface area contributed by atoms with Gasteiger partial charge in [0.15, 0.2) is 11.5 Å². The number of piperazine rings is 1. The van der Waals surface area contributed by atoms with Crippen LogP contribution < -0.4 is 19.1 Å². The Morgan fingerprint density at radius 1 is 1.00 bits per heavy atom. The minimum Gasteiger partial charge on any atom is -0.493 e. The van der Waals surface area contributed by atoms with Gasteiger partial charge in [-0.15, -0.1) is 0 Å². The van der Waals surface area contributed by atoms with Gasteiger partial charge in [0.1, 0.15) is 5.82 Å². The molecule has 1 amide bonds. The highest BCUT2D eigenvalue weighted by Gasteiger charge is 2.23. The van der Waals surface area contributed by atoms with Crippen molar-refractivity contribution in [2.24, 2.45) is 0 Å². The third-order valence-corrected chi connectivity index (χ3v) is 4.69. The normalized spacial score (nSPS) is 14.0. The molecule has 2 aromatic rings. The number of methoxy groups -OCH3 is 3. The van der Waals surface area contributed by atoms with E-state index in [9.17, 15) is 4.79 Å². The van der Waals surface area contributed by atoms with Crippen LogP contribution in [0, 0.1) is 0 Å². The number of amides is 1. The molecule has 0 atom stereocenters. The lowest BCUT2D eigenvalue weighted by atomic mass is 10.1. The molecule has 0 aliphatic carbocycles. The van der Waals surface area contributed by atoms with Crippen LogP contribution in [0.1, 0.15) is 5.56 Å². The fraction of sp³-hybridized carbons (Fsp3) is 0.400. The molecule has 7 nitrogen and oxygen atoms in total. The SMILES string of the molecule is COc1cc(CC(=O)N2CCN(c3ccccn3)CC2)cc(OC)c1OC. The number of aromatic nitrogens is 1. The van der Waals surface area contributed by atoms with Gasteiger partial charge >= 0.3 is 0 Å². The second kappa shape index (κ2) is 8.62. The summed E-state index contributed by atoms with van der Waals surface area (Å²) in [6, 6.07) is 9.52. The van der Waals surface area contributed by atoms with Crippen LogP contribution in [-0.4, -0.2) is 63.3 Å². The lowest BCUT2D eigenvalue weighted by molar-refractivity contribution is -0.130. The lowest BCUT2D eigenvalue weighted by Gasteiger charge is -2.35. The van der Waals surface area contributed by atoms with Crippen LogP contribution in [0.3, 0.4) is 0 Å². The van der Waals surface area contributed by atoms with Crippen molar-refractivity contribution < 1.29 is 19.0 Å². The molecule has 1 aliphatic rings. The molecule has 0 bridgehead atoms. The van der Waals surface area contributed by atoms with Gasteiger partial charge in [-0.25, -0.2) is 4.98 Å². The fourth-order valence-electron chi connectivity index (χ4n) is 3.25. The highest BCUT2D eigenvalue weighted by Crippen LogP contribution is 2.38. The zero-order valence-corrected chi connectivity index (χ0v) is 16.0. The van der Waals surface area contributed by atoms with Gasteiger partial charge in [-0.2, -0.15) is 0 Å². The van der Waals surface area contributed by atoms with E-state index in [1.54, 1.807) is 27.5 Å². The Morgan fingerprint density at radius 2 is 1.67 bits per heavy atom. The molecule has 7 heteroatoms. The van der Waals surface area contributed by atoms with Crippen LogP contribution in [0.2, 0.25) is 0 Å². The smallest absolute Gasteiger partial charge is 0.227 e. The van der Waals surface area contributed by atoms with E-state index in [4.69, 9.17) is 14.2 Å². The maximum Gasteiger partial charge on any atom is 0.227 e. The second-order valence-corrected chi connectivity index (χ2v) is 6.27. The number of anilines is 1. The molecule has 1 aromatic heterocycles. The van der Waals surface area contributed by atoms with Crippen molar-refractivity contribution in [3.63, 3.8) is 0 Å². The zero-order chi connectivity index (χ0) is 19.2. The van der Waals surface area contributed by atoms with Crippen molar-refractivity contribution >= 4 is 11.7 Å². The molecule has 1 saturated heterocycles. The number of carbonyl (C=O) groups excluding carboxylic acids is 1. The maximum absolute atomic E-state index is 12.7. The highest BCUT2D eigenvalue weighted by atomic mass is 16.5. The Morgan fingerprint density at radius 3 is 2.19 bits per heavy atom. The van der Waals surface area contributed by atoms with E-state index in [0.717, 1.165) is 24.5 Å². The summed E-state index contributed by atoms with van der Waals surface area (Å²) in [6.07, 6.45) is 2.08.